The smallest absolute Gasteiger partial charge is 0.195 e. The van der Waals surface area contributed by atoms with E-state index >= 15 is 0 Å². The molecule has 2 nitrogen and oxygen atoms in total. The van der Waals surface area contributed by atoms with Gasteiger partial charge in [-0.1, -0.05) is 42.5 Å². The molecule has 2 N–H and O–H groups in total. The maximum absolute atomic E-state index is 10.2. The van der Waals surface area contributed by atoms with Crippen LogP contribution in [-0.4, -0.2) is 17.8 Å². The molecule has 0 amide bonds. The van der Waals surface area contributed by atoms with Crippen LogP contribution in [0.25, 0.3) is 0 Å². The Kier molecular flexibility index (Phi) is 3.42. The van der Waals surface area contributed by atoms with Crippen LogP contribution in [0, 0.1) is 0 Å². The maximum atomic E-state index is 10.2. The third-order valence-electron chi connectivity index (χ3n) is 1.96. The second-order valence-corrected chi connectivity index (χ2v) is 6.01. The normalized spacial score (nSPS) is 18.2. The van der Waals surface area contributed by atoms with Gasteiger partial charge in [-0.25, -0.2) is 0 Å². The van der Waals surface area contributed by atoms with Crippen molar-refractivity contribution in [2.75, 3.05) is 0 Å². The molecule has 1 unspecified atom stereocenters. The van der Waals surface area contributed by atoms with E-state index in [0.717, 1.165) is 4.90 Å². The quantitative estimate of drug-likeness (QED) is 0.725. The van der Waals surface area contributed by atoms with Gasteiger partial charge in [0.05, 0.1) is 0 Å². The lowest BCUT2D eigenvalue weighted by Crippen LogP contribution is -2.25. The van der Waals surface area contributed by atoms with Gasteiger partial charge in [-0.15, -0.1) is 0 Å². The first-order valence-electron chi connectivity index (χ1n) is 4.18. The third-order valence-corrected chi connectivity index (χ3v) is 4.68. The van der Waals surface area contributed by atoms with Crippen molar-refractivity contribution < 1.29 is 4.55 Å². The average molecular weight is 195 g/mol. The van der Waals surface area contributed by atoms with Crippen LogP contribution in [0.2, 0.25) is 0 Å². The summed E-state index contributed by atoms with van der Waals surface area (Å²) in [6, 6.07) is 9.48. The fraction of sp³-hybridized carbons (Fsp3) is 0.333. The summed E-state index contributed by atoms with van der Waals surface area (Å²) >= 11 is 0. The summed E-state index contributed by atoms with van der Waals surface area (Å²) in [5, 5.41) is 0.0971. The SMILES string of the molecule is [B]NS(O)(c1ccccc1)C(C)C. The molecule has 1 aromatic carbocycles. The standard InChI is InChI=1S/C9H14BNOS/c1-8(2)13(12,11-10)9-6-4-3-5-7-9/h3-8,11-12H,1-2H3. The Balaban J connectivity index is 3.03. The number of hydrogen-bond donors (Lipinski definition) is 2. The molecule has 0 heterocycles. The minimum Gasteiger partial charge on any atom is -0.335 e. The van der Waals surface area contributed by atoms with E-state index in [4.69, 9.17) is 7.98 Å². The van der Waals surface area contributed by atoms with Gasteiger partial charge >= 0.3 is 0 Å². The third kappa shape index (κ3) is 2.07. The van der Waals surface area contributed by atoms with E-state index < -0.39 is 10.5 Å². The molecule has 13 heavy (non-hydrogen) atoms. The van der Waals surface area contributed by atoms with Gasteiger partial charge in [0, 0.05) is 10.1 Å². The summed E-state index contributed by atoms with van der Waals surface area (Å²) in [4.78, 5) is 0.868. The van der Waals surface area contributed by atoms with E-state index in [-0.39, 0.29) is 5.25 Å². The van der Waals surface area contributed by atoms with Crippen molar-refractivity contribution in [3.63, 3.8) is 0 Å². The van der Waals surface area contributed by atoms with Crippen LogP contribution < -0.4 is 4.63 Å². The summed E-state index contributed by atoms with van der Waals surface area (Å²) in [6.07, 6.45) is 0. The topological polar surface area (TPSA) is 32.3 Å². The lowest BCUT2D eigenvalue weighted by Gasteiger charge is -2.38. The lowest BCUT2D eigenvalue weighted by molar-refractivity contribution is 0.609. The molecule has 0 saturated heterocycles. The Labute approximate surface area is 82.4 Å². The Morgan fingerprint density at radius 1 is 1.31 bits per heavy atom. The molecule has 0 aliphatic carbocycles. The van der Waals surface area contributed by atoms with E-state index in [1.807, 2.05) is 44.2 Å². The molecule has 0 fully saturated rings. The summed E-state index contributed by atoms with van der Waals surface area (Å²) < 4.78 is 12.7. The fourth-order valence-electron chi connectivity index (χ4n) is 1.10. The van der Waals surface area contributed by atoms with Crippen LogP contribution in [0.15, 0.2) is 35.2 Å². The number of nitrogens with one attached hydrogen (secondary N) is 1. The van der Waals surface area contributed by atoms with Crippen LogP contribution in [0.1, 0.15) is 13.8 Å². The fourth-order valence-corrected chi connectivity index (χ4v) is 2.63. The van der Waals surface area contributed by atoms with Crippen LogP contribution in [-0.2, 0) is 0 Å². The van der Waals surface area contributed by atoms with Gasteiger partial charge < -0.3 is 9.19 Å². The highest BCUT2D eigenvalue weighted by Gasteiger charge is 2.24. The molecule has 1 atom stereocenters. The van der Waals surface area contributed by atoms with Gasteiger partial charge in [-0.2, -0.15) is 0 Å². The number of rotatable bonds is 3. The summed E-state index contributed by atoms with van der Waals surface area (Å²) in [7, 11) is 3.33. The highest BCUT2D eigenvalue weighted by atomic mass is 32.3. The highest BCUT2D eigenvalue weighted by Crippen LogP contribution is 2.51. The Hall–Kier alpha value is -0.445. The first-order valence-corrected chi connectivity index (χ1v) is 5.83. The minimum absolute atomic E-state index is 0.0971. The molecular formula is C9H14BNOS. The lowest BCUT2D eigenvalue weighted by atomic mass is 10.4. The van der Waals surface area contributed by atoms with Crippen molar-refractivity contribution in [3.05, 3.63) is 30.3 Å². The molecule has 0 aliphatic rings. The summed E-state index contributed by atoms with van der Waals surface area (Å²) in [5.74, 6) is 0. The van der Waals surface area contributed by atoms with Crippen molar-refractivity contribution in [1.29, 1.82) is 0 Å². The molecule has 0 spiro atoms. The van der Waals surface area contributed by atoms with Gasteiger partial charge in [0.15, 0.2) is 7.98 Å². The summed E-state index contributed by atoms with van der Waals surface area (Å²) in [6.45, 7) is 3.89. The van der Waals surface area contributed by atoms with Gasteiger partial charge in [0.2, 0.25) is 0 Å². The highest BCUT2D eigenvalue weighted by molar-refractivity contribution is 8.28. The Morgan fingerprint density at radius 2 is 1.85 bits per heavy atom. The van der Waals surface area contributed by atoms with Gasteiger partial charge in [0.25, 0.3) is 0 Å². The van der Waals surface area contributed by atoms with Crippen molar-refractivity contribution in [1.82, 2.24) is 4.63 Å². The van der Waals surface area contributed by atoms with Crippen molar-refractivity contribution in [2.24, 2.45) is 0 Å². The second kappa shape index (κ2) is 4.18. The van der Waals surface area contributed by atoms with Crippen molar-refractivity contribution in [2.45, 2.75) is 24.0 Å². The molecule has 0 saturated carbocycles. The molecule has 4 heteroatoms. The van der Waals surface area contributed by atoms with E-state index in [9.17, 15) is 4.55 Å². The molecule has 0 aromatic heterocycles. The second-order valence-electron chi connectivity index (χ2n) is 3.11. The predicted octanol–water partition coefficient (Wildman–Crippen LogP) is 2.32. The number of hydrogen-bond acceptors (Lipinski definition) is 2. The molecule has 0 bridgehead atoms. The van der Waals surface area contributed by atoms with Crippen LogP contribution in [0.3, 0.4) is 0 Å². The summed E-state index contributed by atoms with van der Waals surface area (Å²) in [5.41, 5.74) is 0. The van der Waals surface area contributed by atoms with Crippen molar-refractivity contribution >= 4 is 18.5 Å². The first kappa shape index (κ1) is 10.6. The zero-order valence-electron chi connectivity index (χ0n) is 7.90. The van der Waals surface area contributed by atoms with Gasteiger partial charge in [-0.05, 0) is 12.1 Å². The molecule has 2 radical (unpaired) electrons. The molecule has 1 aromatic rings. The first-order chi connectivity index (χ1) is 6.11. The monoisotopic (exact) mass is 195 g/mol. The maximum Gasteiger partial charge on any atom is 0.195 e. The Morgan fingerprint density at radius 3 is 2.23 bits per heavy atom. The zero-order valence-corrected chi connectivity index (χ0v) is 8.71. The van der Waals surface area contributed by atoms with Crippen LogP contribution in [0.4, 0.5) is 0 Å². The van der Waals surface area contributed by atoms with Gasteiger partial charge in [-0.3, -0.25) is 0 Å². The largest absolute Gasteiger partial charge is 0.335 e. The molecular weight excluding hydrogens is 181 g/mol. The number of benzene rings is 1. The van der Waals surface area contributed by atoms with Crippen LogP contribution >= 0.6 is 10.5 Å². The zero-order chi connectivity index (χ0) is 9.90. The van der Waals surface area contributed by atoms with E-state index in [1.165, 1.54) is 0 Å². The van der Waals surface area contributed by atoms with E-state index in [1.54, 1.807) is 0 Å². The van der Waals surface area contributed by atoms with E-state index in [0.29, 0.717) is 0 Å². The predicted molar refractivity (Wildman–Crippen MR) is 59.0 cm³/mol. The molecule has 1 rings (SSSR count). The van der Waals surface area contributed by atoms with E-state index in [2.05, 4.69) is 4.63 Å². The van der Waals surface area contributed by atoms with Crippen LogP contribution in [0.5, 0.6) is 0 Å². The Bertz CT molecular complexity index is 268. The molecule has 0 aliphatic heterocycles. The average Bonchev–Trinajstić information content (AvgIpc) is 2.17. The molecule has 70 valence electrons. The van der Waals surface area contributed by atoms with Gasteiger partial charge in [0.1, 0.15) is 0 Å². The van der Waals surface area contributed by atoms with Crippen molar-refractivity contribution in [3.8, 4) is 0 Å². The minimum atomic E-state index is -2.04.